The summed E-state index contributed by atoms with van der Waals surface area (Å²) in [6.07, 6.45) is 1.70. The summed E-state index contributed by atoms with van der Waals surface area (Å²) in [6.45, 7) is 6.06. The number of para-hydroxylation sites is 1. The fourth-order valence-electron chi connectivity index (χ4n) is 2.28. The molecule has 102 valence electrons. The third kappa shape index (κ3) is 2.13. The highest BCUT2D eigenvalue weighted by atomic mass is 16.5. The second-order valence-corrected chi connectivity index (χ2v) is 5.76. The first-order valence-electron chi connectivity index (χ1n) is 6.58. The summed E-state index contributed by atoms with van der Waals surface area (Å²) < 4.78 is 6.05. The number of fused-ring (bicyclic) bond motifs is 3. The van der Waals surface area contributed by atoms with Gasteiger partial charge in [0, 0.05) is 11.6 Å². The number of hydrogen-bond acceptors (Lipinski definition) is 4. The van der Waals surface area contributed by atoms with E-state index in [9.17, 15) is 0 Å². The predicted molar refractivity (Wildman–Crippen MR) is 81.8 cm³/mol. The Balaban J connectivity index is 2.41. The Bertz CT molecular complexity index is 791. The molecule has 0 aliphatic carbocycles. The summed E-state index contributed by atoms with van der Waals surface area (Å²) in [5, 5.41) is 1.93. The zero-order valence-corrected chi connectivity index (χ0v) is 11.8. The van der Waals surface area contributed by atoms with Crippen molar-refractivity contribution in [3.63, 3.8) is 0 Å². The Hall–Kier alpha value is -2.36. The molecule has 4 nitrogen and oxygen atoms in total. The molecule has 4 heteroatoms. The van der Waals surface area contributed by atoms with Crippen LogP contribution in [0.4, 0.5) is 5.82 Å². The molecule has 0 spiro atoms. The van der Waals surface area contributed by atoms with E-state index in [1.54, 1.807) is 6.20 Å². The molecule has 0 aliphatic rings. The highest BCUT2D eigenvalue weighted by molar-refractivity contribution is 6.10. The molecule has 0 radical (unpaired) electrons. The largest absolute Gasteiger partial charge is 0.487 e. The Kier molecular flexibility index (Phi) is 2.74. The molecular formula is C16H17N3O. The van der Waals surface area contributed by atoms with E-state index >= 15 is 0 Å². The van der Waals surface area contributed by atoms with Gasteiger partial charge in [-0.2, -0.15) is 0 Å². The van der Waals surface area contributed by atoms with E-state index in [1.807, 2.05) is 51.1 Å². The van der Waals surface area contributed by atoms with Gasteiger partial charge in [0.25, 0.3) is 0 Å². The van der Waals surface area contributed by atoms with Crippen LogP contribution in [0.25, 0.3) is 21.8 Å². The summed E-state index contributed by atoms with van der Waals surface area (Å²) in [5.41, 5.74) is 7.28. The van der Waals surface area contributed by atoms with Gasteiger partial charge >= 0.3 is 0 Å². The molecule has 0 amide bonds. The molecule has 0 bridgehead atoms. The van der Waals surface area contributed by atoms with Gasteiger partial charge in [0.1, 0.15) is 16.9 Å². The lowest BCUT2D eigenvalue weighted by Gasteiger charge is -2.22. The van der Waals surface area contributed by atoms with Crippen LogP contribution in [-0.2, 0) is 0 Å². The van der Waals surface area contributed by atoms with Crippen LogP contribution in [0.1, 0.15) is 20.8 Å². The van der Waals surface area contributed by atoms with Crippen LogP contribution in [0.5, 0.6) is 5.75 Å². The summed E-state index contributed by atoms with van der Waals surface area (Å²) >= 11 is 0. The van der Waals surface area contributed by atoms with Gasteiger partial charge in [0.2, 0.25) is 0 Å². The second-order valence-electron chi connectivity index (χ2n) is 5.76. The summed E-state index contributed by atoms with van der Waals surface area (Å²) in [6, 6.07) is 9.76. The summed E-state index contributed by atoms with van der Waals surface area (Å²) in [7, 11) is 0. The molecule has 1 aromatic carbocycles. The minimum absolute atomic E-state index is 0.284. The Morgan fingerprint density at radius 3 is 2.60 bits per heavy atom. The fourth-order valence-corrected chi connectivity index (χ4v) is 2.28. The zero-order valence-electron chi connectivity index (χ0n) is 11.8. The Morgan fingerprint density at radius 1 is 1.10 bits per heavy atom. The molecule has 3 aromatic rings. The smallest absolute Gasteiger partial charge is 0.150 e. The number of nitrogen functional groups attached to an aromatic ring is 1. The van der Waals surface area contributed by atoms with Crippen molar-refractivity contribution in [3.05, 3.63) is 36.5 Å². The van der Waals surface area contributed by atoms with Gasteiger partial charge in [-0.25, -0.2) is 4.98 Å². The second kappa shape index (κ2) is 4.34. The maximum Gasteiger partial charge on any atom is 0.150 e. The zero-order chi connectivity index (χ0) is 14.3. The number of nitrogens with two attached hydrogens (primary N) is 1. The first-order valence-corrected chi connectivity index (χ1v) is 6.58. The number of nitrogens with zero attached hydrogens (tertiary/aromatic N) is 2. The lowest BCUT2D eigenvalue weighted by atomic mass is 10.1. The third-order valence-corrected chi connectivity index (χ3v) is 2.99. The van der Waals surface area contributed by atoms with Gasteiger partial charge in [-0.15, -0.1) is 0 Å². The molecule has 20 heavy (non-hydrogen) atoms. The summed E-state index contributed by atoms with van der Waals surface area (Å²) in [4.78, 5) is 8.76. The van der Waals surface area contributed by atoms with Gasteiger partial charge in [-0.1, -0.05) is 18.2 Å². The van der Waals surface area contributed by atoms with Crippen LogP contribution in [0.15, 0.2) is 36.5 Å². The molecule has 2 N–H and O–H groups in total. The highest BCUT2D eigenvalue weighted by Gasteiger charge is 2.17. The van der Waals surface area contributed by atoms with Crippen LogP contribution >= 0.6 is 0 Å². The molecule has 2 aromatic heterocycles. The van der Waals surface area contributed by atoms with Gasteiger partial charge in [0.05, 0.1) is 10.9 Å². The monoisotopic (exact) mass is 267 g/mol. The van der Waals surface area contributed by atoms with Crippen molar-refractivity contribution in [1.82, 2.24) is 9.97 Å². The van der Waals surface area contributed by atoms with Crippen LogP contribution in [0.3, 0.4) is 0 Å². The number of anilines is 1. The number of benzene rings is 1. The van der Waals surface area contributed by atoms with Gasteiger partial charge < -0.3 is 10.5 Å². The maximum atomic E-state index is 6.05. The quantitative estimate of drug-likeness (QED) is 0.685. The fraction of sp³-hybridized carbons (Fsp3) is 0.250. The van der Waals surface area contributed by atoms with Crippen molar-refractivity contribution >= 4 is 27.6 Å². The number of pyridine rings is 2. The first kappa shape index (κ1) is 12.7. The number of aromatic nitrogens is 2. The van der Waals surface area contributed by atoms with E-state index in [2.05, 4.69) is 9.97 Å². The lowest BCUT2D eigenvalue weighted by molar-refractivity contribution is 0.133. The first-order chi connectivity index (χ1) is 9.46. The standard InChI is InChI=1S/C16H17N3O/c1-16(2,3)20-12-8-9-18-14-13(12)10-6-4-5-7-11(10)19-15(14)17/h4-9H,1-3H3,(H2,17,19). The predicted octanol–water partition coefficient (Wildman–Crippen LogP) is 3.54. The molecular weight excluding hydrogens is 250 g/mol. The topological polar surface area (TPSA) is 61.0 Å². The average Bonchev–Trinajstić information content (AvgIpc) is 2.37. The SMILES string of the molecule is CC(C)(C)Oc1ccnc2c(N)nc3ccccc3c12. The molecule has 0 saturated heterocycles. The summed E-state index contributed by atoms with van der Waals surface area (Å²) in [5.74, 6) is 1.21. The van der Waals surface area contributed by atoms with Crippen LogP contribution < -0.4 is 10.5 Å². The highest BCUT2D eigenvalue weighted by Crippen LogP contribution is 2.34. The van der Waals surface area contributed by atoms with Gasteiger partial charge in [-0.3, -0.25) is 4.98 Å². The molecule has 0 aliphatic heterocycles. The Labute approximate surface area is 117 Å². The van der Waals surface area contributed by atoms with Crippen LogP contribution in [0.2, 0.25) is 0 Å². The molecule has 0 atom stereocenters. The average molecular weight is 267 g/mol. The van der Waals surface area contributed by atoms with Gasteiger partial charge in [-0.05, 0) is 32.9 Å². The van der Waals surface area contributed by atoms with Crippen molar-refractivity contribution < 1.29 is 4.74 Å². The number of hydrogen-bond donors (Lipinski definition) is 1. The molecule has 3 rings (SSSR count). The van der Waals surface area contributed by atoms with Crippen LogP contribution in [-0.4, -0.2) is 15.6 Å². The van der Waals surface area contributed by atoms with Crippen LogP contribution in [0, 0.1) is 0 Å². The van der Waals surface area contributed by atoms with Crippen molar-refractivity contribution in [1.29, 1.82) is 0 Å². The number of ether oxygens (including phenoxy) is 1. The Morgan fingerprint density at radius 2 is 1.85 bits per heavy atom. The van der Waals surface area contributed by atoms with E-state index in [0.29, 0.717) is 11.3 Å². The van der Waals surface area contributed by atoms with E-state index < -0.39 is 0 Å². The van der Waals surface area contributed by atoms with E-state index in [1.165, 1.54) is 0 Å². The lowest BCUT2D eigenvalue weighted by Crippen LogP contribution is -2.23. The van der Waals surface area contributed by atoms with E-state index in [4.69, 9.17) is 10.5 Å². The van der Waals surface area contributed by atoms with Crippen molar-refractivity contribution in [2.45, 2.75) is 26.4 Å². The van der Waals surface area contributed by atoms with Gasteiger partial charge in [0.15, 0.2) is 5.82 Å². The van der Waals surface area contributed by atoms with Crippen molar-refractivity contribution in [2.24, 2.45) is 0 Å². The minimum atomic E-state index is -0.284. The maximum absolute atomic E-state index is 6.05. The number of rotatable bonds is 1. The normalized spacial score (nSPS) is 11.9. The van der Waals surface area contributed by atoms with E-state index in [-0.39, 0.29) is 5.60 Å². The van der Waals surface area contributed by atoms with E-state index in [0.717, 1.165) is 22.0 Å². The van der Waals surface area contributed by atoms with Crippen molar-refractivity contribution in [3.8, 4) is 5.75 Å². The molecule has 2 heterocycles. The minimum Gasteiger partial charge on any atom is -0.487 e. The molecule has 0 unspecified atom stereocenters. The molecule has 0 saturated carbocycles. The molecule has 0 fully saturated rings. The third-order valence-electron chi connectivity index (χ3n) is 2.99. The van der Waals surface area contributed by atoms with Crippen molar-refractivity contribution in [2.75, 3.05) is 5.73 Å².